The van der Waals surface area contributed by atoms with Crippen molar-refractivity contribution >= 4 is 11.4 Å². The van der Waals surface area contributed by atoms with E-state index in [9.17, 15) is 10.1 Å². The summed E-state index contributed by atoms with van der Waals surface area (Å²) in [6, 6.07) is 4.94. The van der Waals surface area contributed by atoms with Crippen LogP contribution in [0.1, 0.15) is 19.3 Å². The van der Waals surface area contributed by atoms with Crippen molar-refractivity contribution < 1.29 is 9.66 Å². The maximum Gasteiger partial charge on any atom is 0.292 e. The van der Waals surface area contributed by atoms with Gasteiger partial charge in [-0.05, 0) is 31.4 Å². The van der Waals surface area contributed by atoms with Gasteiger partial charge in [-0.25, -0.2) is 0 Å². The molecule has 0 spiro atoms. The van der Waals surface area contributed by atoms with Crippen LogP contribution < -0.4 is 15.8 Å². The fourth-order valence-corrected chi connectivity index (χ4v) is 2.63. The summed E-state index contributed by atoms with van der Waals surface area (Å²) < 4.78 is 5.12. The van der Waals surface area contributed by atoms with Gasteiger partial charge in [0.2, 0.25) is 0 Å². The molecule has 1 aromatic rings. The van der Waals surface area contributed by atoms with Crippen molar-refractivity contribution in [2.24, 2.45) is 11.7 Å². The molecule has 0 saturated heterocycles. The molecule has 19 heavy (non-hydrogen) atoms. The highest BCUT2D eigenvalue weighted by molar-refractivity contribution is 5.64. The molecule has 0 aliphatic heterocycles. The van der Waals surface area contributed by atoms with E-state index in [-0.39, 0.29) is 16.7 Å². The van der Waals surface area contributed by atoms with Crippen molar-refractivity contribution in [3.63, 3.8) is 0 Å². The number of anilines is 1. The Kier molecular flexibility index (Phi) is 4.21. The van der Waals surface area contributed by atoms with E-state index in [4.69, 9.17) is 10.5 Å². The Balaban J connectivity index is 2.24. The average Bonchev–Trinajstić information content (AvgIpc) is 2.85. The Morgan fingerprint density at radius 3 is 2.95 bits per heavy atom. The van der Waals surface area contributed by atoms with Gasteiger partial charge in [-0.2, -0.15) is 0 Å². The number of methoxy groups -OCH3 is 1. The molecule has 6 heteroatoms. The van der Waals surface area contributed by atoms with E-state index >= 15 is 0 Å². The lowest BCUT2D eigenvalue weighted by molar-refractivity contribution is -0.384. The smallest absolute Gasteiger partial charge is 0.292 e. The van der Waals surface area contributed by atoms with Gasteiger partial charge in [-0.3, -0.25) is 10.1 Å². The zero-order valence-electron chi connectivity index (χ0n) is 11.0. The summed E-state index contributed by atoms with van der Waals surface area (Å²) in [7, 11) is 1.54. The lowest BCUT2D eigenvalue weighted by Crippen LogP contribution is -2.29. The highest BCUT2D eigenvalue weighted by Crippen LogP contribution is 2.33. The van der Waals surface area contributed by atoms with Crippen LogP contribution in [0.5, 0.6) is 5.75 Å². The molecule has 1 saturated carbocycles. The fraction of sp³-hybridized carbons (Fsp3) is 0.538. The minimum absolute atomic E-state index is 0.0727. The fourth-order valence-electron chi connectivity index (χ4n) is 2.63. The van der Waals surface area contributed by atoms with Crippen molar-refractivity contribution in [2.75, 3.05) is 19.0 Å². The number of rotatable bonds is 5. The van der Waals surface area contributed by atoms with Crippen LogP contribution in [0.2, 0.25) is 0 Å². The maximum atomic E-state index is 11.0. The highest BCUT2D eigenvalue weighted by atomic mass is 16.6. The van der Waals surface area contributed by atoms with Gasteiger partial charge >= 0.3 is 0 Å². The van der Waals surface area contributed by atoms with Crippen LogP contribution in [0.4, 0.5) is 11.4 Å². The van der Waals surface area contributed by atoms with E-state index in [0.29, 0.717) is 23.9 Å². The Morgan fingerprint density at radius 2 is 2.32 bits per heavy atom. The predicted octanol–water partition coefficient (Wildman–Crippen LogP) is 2.14. The zero-order valence-corrected chi connectivity index (χ0v) is 11.0. The summed E-state index contributed by atoms with van der Waals surface area (Å²) >= 11 is 0. The standard InChI is InChI=1S/C13H19N3O3/c1-19-10-5-6-13(16(17)18)12(7-10)15-11-4-2-3-9(11)8-14/h5-7,9,11,15H,2-4,8,14H2,1H3. The molecule has 0 aromatic heterocycles. The molecule has 0 amide bonds. The molecule has 2 unspecified atom stereocenters. The first-order valence-corrected chi connectivity index (χ1v) is 6.44. The van der Waals surface area contributed by atoms with Crippen molar-refractivity contribution in [1.29, 1.82) is 0 Å². The predicted molar refractivity (Wildman–Crippen MR) is 73.5 cm³/mol. The number of nitrogens with zero attached hydrogens (tertiary/aromatic N) is 1. The first-order valence-electron chi connectivity index (χ1n) is 6.44. The number of hydrogen-bond acceptors (Lipinski definition) is 5. The zero-order chi connectivity index (χ0) is 13.8. The van der Waals surface area contributed by atoms with E-state index in [2.05, 4.69) is 5.32 Å². The first kappa shape index (κ1) is 13.6. The monoisotopic (exact) mass is 265 g/mol. The summed E-state index contributed by atoms with van der Waals surface area (Å²) in [5.74, 6) is 0.987. The van der Waals surface area contributed by atoms with Gasteiger partial charge in [0.15, 0.2) is 0 Å². The number of nitro groups is 1. The number of ether oxygens (including phenoxy) is 1. The molecule has 0 heterocycles. The number of nitrogens with one attached hydrogen (secondary N) is 1. The van der Waals surface area contributed by atoms with Crippen LogP contribution in [0.25, 0.3) is 0 Å². The van der Waals surface area contributed by atoms with E-state index < -0.39 is 0 Å². The van der Waals surface area contributed by atoms with Gasteiger partial charge in [0.05, 0.1) is 12.0 Å². The van der Waals surface area contributed by atoms with Crippen LogP contribution in [-0.4, -0.2) is 24.6 Å². The first-order chi connectivity index (χ1) is 9.15. The molecule has 6 nitrogen and oxygen atoms in total. The third-order valence-electron chi connectivity index (χ3n) is 3.70. The largest absolute Gasteiger partial charge is 0.497 e. The van der Waals surface area contributed by atoms with Gasteiger partial charge < -0.3 is 15.8 Å². The molecule has 2 rings (SSSR count). The third-order valence-corrected chi connectivity index (χ3v) is 3.70. The van der Waals surface area contributed by atoms with Gasteiger partial charge in [0, 0.05) is 18.2 Å². The molecule has 1 aliphatic rings. The van der Waals surface area contributed by atoms with Crippen LogP contribution in [0, 0.1) is 16.0 Å². The second-order valence-corrected chi connectivity index (χ2v) is 4.82. The molecule has 1 aromatic carbocycles. The highest BCUT2D eigenvalue weighted by Gasteiger charge is 2.28. The number of nitrogens with two attached hydrogens (primary N) is 1. The normalized spacial score (nSPS) is 22.2. The van der Waals surface area contributed by atoms with Gasteiger partial charge in [-0.1, -0.05) is 6.42 Å². The Morgan fingerprint density at radius 1 is 1.53 bits per heavy atom. The number of nitro benzene ring substituents is 1. The Hall–Kier alpha value is -1.82. The number of benzene rings is 1. The minimum atomic E-state index is -0.381. The molecule has 1 fully saturated rings. The molecular weight excluding hydrogens is 246 g/mol. The molecular formula is C13H19N3O3. The molecule has 0 radical (unpaired) electrons. The summed E-state index contributed by atoms with van der Waals surface area (Å²) in [5, 5.41) is 14.3. The van der Waals surface area contributed by atoms with Gasteiger partial charge in [0.1, 0.15) is 11.4 Å². The Bertz CT molecular complexity index is 464. The van der Waals surface area contributed by atoms with Crippen molar-refractivity contribution in [1.82, 2.24) is 0 Å². The molecule has 104 valence electrons. The molecule has 0 bridgehead atoms. The SMILES string of the molecule is COc1ccc([N+](=O)[O-])c(NC2CCCC2CN)c1. The molecule has 1 aliphatic carbocycles. The summed E-state index contributed by atoms with van der Waals surface area (Å²) in [5.41, 5.74) is 6.31. The quantitative estimate of drug-likeness (QED) is 0.628. The average molecular weight is 265 g/mol. The van der Waals surface area contributed by atoms with E-state index in [1.54, 1.807) is 19.2 Å². The second-order valence-electron chi connectivity index (χ2n) is 4.82. The summed E-state index contributed by atoms with van der Waals surface area (Å²) in [6.45, 7) is 0.607. The topological polar surface area (TPSA) is 90.4 Å². The lowest BCUT2D eigenvalue weighted by atomic mass is 10.0. The summed E-state index contributed by atoms with van der Waals surface area (Å²) in [6.07, 6.45) is 3.18. The second kappa shape index (κ2) is 5.88. The van der Waals surface area contributed by atoms with Crippen LogP contribution in [0.15, 0.2) is 18.2 Å². The molecule has 2 atom stereocenters. The van der Waals surface area contributed by atoms with Crippen LogP contribution in [-0.2, 0) is 0 Å². The van der Waals surface area contributed by atoms with E-state index in [1.165, 1.54) is 6.07 Å². The van der Waals surface area contributed by atoms with E-state index in [0.717, 1.165) is 19.3 Å². The molecule has 3 N–H and O–H groups in total. The number of hydrogen-bond donors (Lipinski definition) is 2. The Labute approximate surface area is 112 Å². The lowest BCUT2D eigenvalue weighted by Gasteiger charge is -2.20. The van der Waals surface area contributed by atoms with Crippen LogP contribution >= 0.6 is 0 Å². The third kappa shape index (κ3) is 2.96. The summed E-state index contributed by atoms with van der Waals surface area (Å²) in [4.78, 5) is 10.7. The minimum Gasteiger partial charge on any atom is -0.497 e. The maximum absolute atomic E-state index is 11.0. The van der Waals surface area contributed by atoms with Crippen molar-refractivity contribution in [3.05, 3.63) is 28.3 Å². The van der Waals surface area contributed by atoms with Crippen molar-refractivity contribution in [3.8, 4) is 5.75 Å². The van der Waals surface area contributed by atoms with Crippen LogP contribution in [0.3, 0.4) is 0 Å². The van der Waals surface area contributed by atoms with Gasteiger partial charge in [-0.15, -0.1) is 0 Å². The van der Waals surface area contributed by atoms with Crippen molar-refractivity contribution in [2.45, 2.75) is 25.3 Å². The van der Waals surface area contributed by atoms with Gasteiger partial charge in [0.25, 0.3) is 5.69 Å². The van der Waals surface area contributed by atoms with E-state index in [1.807, 2.05) is 0 Å².